The Bertz CT molecular complexity index is 361. The lowest BCUT2D eigenvalue weighted by Crippen LogP contribution is -2.34. The summed E-state index contributed by atoms with van der Waals surface area (Å²) in [5, 5.41) is 3.94. The monoisotopic (exact) mass is 282 g/mol. The van der Waals surface area contributed by atoms with Crippen molar-refractivity contribution in [2.45, 2.75) is 51.2 Å². The van der Waals surface area contributed by atoms with Crippen LogP contribution in [0.5, 0.6) is 0 Å². The van der Waals surface area contributed by atoms with E-state index in [9.17, 15) is 0 Å². The van der Waals surface area contributed by atoms with E-state index in [1.165, 1.54) is 12.8 Å². The van der Waals surface area contributed by atoms with E-state index in [0.29, 0.717) is 6.04 Å². The molecule has 1 atom stereocenters. The highest BCUT2D eigenvalue weighted by Crippen LogP contribution is 2.23. The second-order valence-corrected chi connectivity index (χ2v) is 5.43. The van der Waals surface area contributed by atoms with E-state index in [1.807, 2.05) is 19.4 Å². The molecule has 0 fully saturated rings. The molecule has 1 N–H and O–H groups in total. The number of anilines is 2. The molecule has 0 aliphatic rings. The molecule has 19 heavy (non-hydrogen) atoms. The number of hydrogen-bond donors (Lipinski definition) is 1. The standard InChI is InChI=1S/C14H26N4S/c1-6-8-9-18(11(3)7-2)13-10-12(15-4)16-14(17-13)19-5/h10-11H,6-9H2,1-5H3,(H,15,16,17). The van der Waals surface area contributed by atoms with Crippen LogP contribution < -0.4 is 10.2 Å². The fourth-order valence-corrected chi connectivity index (χ4v) is 2.26. The Morgan fingerprint density at radius 1 is 1.37 bits per heavy atom. The number of nitrogens with one attached hydrogen (secondary N) is 1. The van der Waals surface area contributed by atoms with Crippen molar-refractivity contribution in [2.75, 3.05) is 30.1 Å². The molecule has 0 aliphatic carbocycles. The molecule has 0 saturated carbocycles. The molecular formula is C14H26N4S. The van der Waals surface area contributed by atoms with Gasteiger partial charge in [0.25, 0.3) is 0 Å². The topological polar surface area (TPSA) is 41.0 Å². The van der Waals surface area contributed by atoms with Crippen molar-refractivity contribution < 1.29 is 0 Å². The van der Waals surface area contributed by atoms with Crippen molar-refractivity contribution >= 4 is 23.4 Å². The third-order valence-electron chi connectivity index (χ3n) is 3.30. The summed E-state index contributed by atoms with van der Waals surface area (Å²) in [5.74, 6) is 1.92. The molecule has 0 bridgehead atoms. The fraction of sp³-hybridized carbons (Fsp3) is 0.714. The number of rotatable bonds is 8. The van der Waals surface area contributed by atoms with Crippen molar-refractivity contribution in [2.24, 2.45) is 0 Å². The minimum Gasteiger partial charge on any atom is -0.373 e. The number of unbranched alkanes of at least 4 members (excludes halogenated alkanes) is 1. The second-order valence-electron chi connectivity index (χ2n) is 4.65. The maximum Gasteiger partial charge on any atom is 0.191 e. The summed E-state index contributed by atoms with van der Waals surface area (Å²) in [5.41, 5.74) is 0. The quantitative estimate of drug-likeness (QED) is 0.582. The molecule has 1 heterocycles. The van der Waals surface area contributed by atoms with Gasteiger partial charge in [-0.3, -0.25) is 0 Å². The van der Waals surface area contributed by atoms with E-state index >= 15 is 0 Å². The van der Waals surface area contributed by atoms with Crippen LogP contribution in [0, 0.1) is 0 Å². The van der Waals surface area contributed by atoms with Gasteiger partial charge in [-0.05, 0) is 26.0 Å². The maximum absolute atomic E-state index is 4.66. The average molecular weight is 282 g/mol. The predicted molar refractivity (Wildman–Crippen MR) is 85.4 cm³/mol. The molecule has 0 radical (unpaired) electrons. The smallest absolute Gasteiger partial charge is 0.191 e. The van der Waals surface area contributed by atoms with Crippen LogP contribution in [0.25, 0.3) is 0 Å². The largest absolute Gasteiger partial charge is 0.373 e. The molecule has 1 aromatic heterocycles. The van der Waals surface area contributed by atoms with Crippen molar-refractivity contribution in [3.05, 3.63) is 6.07 Å². The molecule has 4 nitrogen and oxygen atoms in total. The van der Waals surface area contributed by atoms with Crippen molar-refractivity contribution in [1.82, 2.24) is 9.97 Å². The molecule has 1 aromatic rings. The summed E-state index contributed by atoms with van der Waals surface area (Å²) >= 11 is 1.58. The first-order valence-corrected chi connectivity index (χ1v) is 8.26. The molecule has 1 unspecified atom stereocenters. The van der Waals surface area contributed by atoms with E-state index in [0.717, 1.165) is 29.8 Å². The molecule has 5 heteroatoms. The van der Waals surface area contributed by atoms with Crippen LogP contribution in [-0.2, 0) is 0 Å². The third-order valence-corrected chi connectivity index (χ3v) is 3.85. The van der Waals surface area contributed by atoms with Gasteiger partial charge in [-0.1, -0.05) is 32.0 Å². The van der Waals surface area contributed by atoms with E-state index in [4.69, 9.17) is 0 Å². The molecular weight excluding hydrogens is 256 g/mol. The van der Waals surface area contributed by atoms with Gasteiger partial charge in [0.05, 0.1) is 0 Å². The van der Waals surface area contributed by atoms with Gasteiger partial charge in [0.1, 0.15) is 11.6 Å². The summed E-state index contributed by atoms with van der Waals surface area (Å²) in [6.45, 7) is 7.76. The Balaban J connectivity index is 3.05. The van der Waals surface area contributed by atoms with Crippen LogP contribution in [0.4, 0.5) is 11.6 Å². The number of nitrogens with zero attached hydrogens (tertiary/aromatic N) is 3. The van der Waals surface area contributed by atoms with Gasteiger partial charge in [-0.15, -0.1) is 0 Å². The first kappa shape index (κ1) is 16.1. The van der Waals surface area contributed by atoms with Gasteiger partial charge < -0.3 is 10.2 Å². The van der Waals surface area contributed by atoms with Crippen molar-refractivity contribution in [1.29, 1.82) is 0 Å². The Labute approximate surface area is 121 Å². The van der Waals surface area contributed by atoms with Crippen molar-refractivity contribution in [3.63, 3.8) is 0 Å². The van der Waals surface area contributed by atoms with Crippen LogP contribution in [0.1, 0.15) is 40.0 Å². The maximum atomic E-state index is 4.66. The van der Waals surface area contributed by atoms with E-state index in [1.54, 1.807) is 11.8 Å². The van der Waals surface area contributed by atoms with E-state index < -0.39 is 0 Å². The summed E-state index contributed by atoms with van der Waals surface area (Å²) in [6.07, 6.45) is 5.53. The van der Waals surface area contributed by atoms with Gasteiger partial charge >= 0.3 is 0 Å². The summed E-state index contributed by atoms with van der Waals surface area (Å²) in [7, 11) is 1.90. The van der Waals surface area contributed by atoms with Gasteiger partial charge in [0, 0.05) is 25.7 Å². The fourth-order valence-electron chi connectivity index (χ4n) is 1.89. The highest BCUT2D eigenvalue weighted by Gasteiger charge is 2.15. The molecule has 108 valence electrons. The Morgan fingerprint density at radius 2 is 2.11 bits per heavy atom. The van der Waals surface area contributed by atoms with Crippen LogP contribution in [0.2, 0.25) is 0 Å². The summed E-state index contributed by atoms with van der Waals surface area (Å²) in [4.78, 5) is 11.5. The zero-order valence-corrected chi connectivity index (χ0v) is 13.5. The average Bonchev–Trinajstić information content (AvgIpc) is 2.46. The van der Waals surface area contributed by atoms with E-state index in [-0.39, 0.29) is 0 Å². The molecule has 1 rings (SSSR count). The van der Waals surface area contributed by atoms with E-state index in [2.05, 4.69) is 41.0 Å². The first-order valence-electron chi connectivity index (χ1n) is 7.03. The van der Waals surface area contributed by atoms with Crippen LogP contribution in [0.15, 0.2) is 11.2 Å². The first-order chi connectivity index (χ1) is 9.15. The normalized spacial score (nSPS) is 12.3. The SMILES string of the molecule is CCCCN(c1cc(NC)nc(SC)n1)C(C)CC. The highest BCUT2D eigenvalue weighted by atomic mass is 32.2. The Morgan fingerprint density at radius 3 is 2.63 bits per heavy atom. The van der Waals surface area contributed by atoms with Gasteiger partial charge in [-0.25, -0.2) is 9.97 Å². The van der Waals surface area contributed by atoms with Gasteiger partial charge in [0.15, 0.2) is 5.16 Å². The second kappa shape index (κ2) is 8.25. The van der Waals surface area contributed by atoms with Crippen LogP contribution in [-0.4, -0.2) is 35.9 Å². The summed E-state index contributed by atoms with van der Waals surface area (Å²) in [6, 6.07) is 2.54. The number of thioether (sulfide) groups is 1. The molecule has 0 spiro atoms. The van der Waals surface area contributed by atoms with Crippen molar-refractivity contribution in [3.8, 4) is 0 Å². The lowest BCUT2D eigenvalue weighted by molar-refractivity contribution is 0.586. The van der Waals surface area contributed by atoms with Crippen LogP contribution >= 0.6 is 11.8 Å². The molecule has 0 saturated heterocycles. The Kier molecular flexibility index (Phi) is 6.99. The third kappa shape index (κ3) is 4.56. The van der Waals surface area contributed by atoms with Gasteiger partial charge in [0.2, 0.25) is 0 Å². The predicted octanol–water partition coefficient (Wildman–Crippen LogP) is 3.65. The highest BCUT2D eigenvalue weighted by molar-refractivity contribution is 7.98. The molecule has 0 aliphatic heterocycles. The minimum atomic E-state index is 0.501. The molecule has 0 amide bonds. The molecule has 0 aromatic carbocycles. The Hall–Kier alpha value is -0.970. The van der Waals surface area contributed by atoms with Gasteiger partial charge in [-0.2, -0.15) is 0 Å². The zero-order valence-electron chi connectivity index (χ0n) is 12.7. The zero-order chi connectivity index (χ0) is 14.3. The minimum absolute atomic E-state index is 0.501. The van der Waals surface area contributed by atoms with Crippen LogP contribution in [0.3, 0.4) is 0 Å². The lowest BCUT2D eigenvalue weighted by atomic mass is 10.2. The number of aromatic nitrogens is 2. The number of hydrogen-bond acceptors (Lipinski definition) is 5. The lowest BCUT2D eigenvalue weighted by Gasteiger charge is -2.30. The summed E-state index contributed by atoms with van der Waals surface area (Å²) < 4.78 is 0.